The van der Waals surface area contributed by atoms with Gasteiger partial charge in [0.1, 0.15) is 17.1 Å². The van der Waals surface area contributed by atoms with Crippen LogP contribution in [0.5, 0.6) is 0 Å². The van der Waals surface area contributed by atoms with E-state index < -0.39 is 11.7 Å². The van der Waals surface area contributed by atoms with Crippen molar-refractivity contribution in [1.29, 1.82) is 0 Å². The number of hydrogen-bond acceptors (Lipinski definition) is 6. The largest absolute Gasteiger partial charge is 0.340 e. The summed E-state index contributed by atoms with van der Waals surface area (Å²) in [6.07, 6.45) is 3.55. The van der Waals surface area contributed by atoms with Gasteiger partial charge in [0.05, 0.1) is 23.3 Å². The fourth-order valence-electron chi connectivity index (χ4n) is 4.20. The van der Waals surface area contributed by atoms with E-state index in [0.29, 0.717) is 47.9 Å². The van der Waals surface area contributed by atoms with E-state index in [1.807, 2.05) is 11.8 Å². The Morgan fingerprint density at radius 1 is 1.15 bits per heavy atom. The Balaban J connectivity index is 1.43. The summed E-state index contributed by atoms with van der Waals surface area (Å²) in [6.45, 7) is 3.23. The molecule has 3 heterocycles. The fourth-order valence-corrected chi connectivity index (χ4v) is 4.37. The van der Waals surface area contributed by atoms with Crippen molar-refractivity contribution in [1.82, 2.24) is 29.9 Å². The standard InChI is InChI=1S/C23H21ClFN7O2/c1-14-7-10-30(23-28-18-6-5-15(24)13-16(18)21(33)29-23)11-12-31(14)22(34)20-17(25)3-2-4-19(20)32-26-8-9-27-32/h2-6,8-9,13-14H,7,10-12H2,1H3,(H,28,29,33). The lowest BCUT2D eigenvalue weighted by atomic mass is 10.1. The number of fused-ring (bicyclic) bond motifs is 1. The number of hydrogen-bond donors (Lipinski definition) is 1. The molecule has 1 N–H and O–H groups in total. The van der Waals surface area contributed by atoms with Crippen LogP contribution in [0.3, 0.4) is 0 Å². The van der Waals surface area contributed by atoms with Gasteiger partial charge in [0, 0.05) is 30.7 Å². The molecule has 4 aromatic rings. The molecule has 1 fully saturated rings. The second-order valence-corrected chi connectivity index (χ2v) is 8.56. The molecule has 0 bridgehead atoms. The van der Waals surface area contributed by atoms with Crippen molar-refractivity contribution in [2.45, 2.75) is 19.4 Å². The van der Waals surface area contributed by atoms with Crippen molar-refractivity contribution in [3.05, 3.63) is 75.5 Å². The van der Waals surface area contributed by atoms with E-state index in [2.05, 4.69) is 20.2 Å². The molecule has 1 aliphatic heterocycles. The second kappa shape index (κ2) is 8.86. The lowest BCUT2D eigenvalue weighted by Gasteiger charge is -2.27. The molecule has 1 atom stereocenters. The van der Waals surface area contributed by atoms with Crippen LogP contribution in [0.2, 0.25) is 5.02 Å². The Morgan fingerprint density at radius 3 is 2.74 bits per heavy atom. The minimum atomic E-state index is -0.632. The van der Waals surface area contributed by atoms with Crippen molar-refractivity contribution in [2.24, 2.45) is 0 Å². The van der Waals surface area contributed by atoms with E-state index in [1.54, 1.807) is 29.2 Å². The smallest absolute Gasteiger partial charge is 0.260 e. The number of anilines is 1. The molecule has 2 aromatic heterocycles. The van der Waals surface area contributed by atoms with E-state index in [4.69, 9.17) is 11.6 Å². The van der Waals surface area contributed by atoms with Gasteiger partial charge in [-0.3, -0.25) is 14.6 Å². The minimum absolute atomic E-state index is 0.0758. The molecule has 0 saturated carbocycles. The summed E-state index contributed by atoms with van der Waals surface area (Å²) in [4.78, 5) is 38.3. The molecule has 2 aromatic carbocycles. The fraction of sp³-hybridized carbons (Fsp3) is 0.261. The number of halogens is 2. The van der Waals surface area contributed by atoms with E-state index in [9.17, 15) is 14.0 Å². The molecule has 1 saturated heterocycles. The topological polar surface area (TPSA) is 100 Å². The van der Waals surface area contributed by atoms with Gasteiger partial charge in [-0.25, -0.2) is 9.37 Å². The van der Waals surface area contributed by atoms with Gasteiger partial charge in [0.15, 0.2) is 0 Å². The summed E-state index contributed by atoms with van der Waals surface area (Å²) in [7, 11) is 0. The van der Waals surface area contributed by atoms with Gasteiger partial charge in [-0.15, -0.1) is 0 Å². The predicted octanol–water partition coefficient (Wildman–Crippen LogP) is 3.04. The first-order valence-electron chi connectivity index (χ1n) is 10.8. The summed E-state index contributed by atoms with van der Waals surface area (Å²) in [5.74, 6) is -0.643. The molecule has 0 radical (unpaired) electrons. The maximum Gasteiger partial charge on any atom is 0.260 e. The summed E-state index contributed by atoms with van der Waals surface area (Å²) >= 11 is 6.00. The molecule has 9 nitrogen and oxygen atoms in total. The molecular formula is C23H21ClFN7O2. The summed E-state index contributed by atoms with van der Waals surface area (Å²) in [6, 6.07) is 9.19. The van der Waals surface area contributed by atoms with Gasteiger partial charge < -0.3 is 9.80 Å². The average molecular weight is 482 g/mol. The van der Waals surface area contributed by atoms with Crippen molar-refractivity contribution >= 4 is 34.4 Å². The van der Waals surface area contributed by atoms with E-state index in [1.165, 1.54) is 29.3 Å². The first-order chi connectivity index (χ1) is 16.4. The number of aromatic amines is 1. The molecule has 11 heteroatoms. The first kappa shape index (κ1) is 22.0. The Hall–Kier alpha value is -3.79. The maximum atomic E-state index is 14.9. The normalized spacial score (nSPS) is 16.6. The summed E-state index contributed by atoms with van der Waals surface area (Å²) < 4.78 is 14.9. The highest BCUT2D eigenvalue weighted by Gasteiger charge is 2.30. The van der Waals surface area contributed by atoms with Crippen LogP contribution in [0.15, 0.2) is 53.6 Å². The Kier molecular flexibility index (Phi) is 5.74. The van der Waals surface area contributed by atoms with Gasteiger partial charge in [-0.2, -0.15) is 15.0 Å². The van der Waals surface area contributed by atoms with Crippen LogP contribution < -0.4 is 10.5 Å². The van der Waals surface area contributed by atoms with Crippen molar-refractivity contribution in [3.8, 4) is 5.69 Å². The predicted molar refractivity (Wildman–Crippen MR) is 126 cm³/mol. The van der Waals surface area contributed by atoms with Crippen LogP contribution in [0.4, 0.5) is 10.3 Å². The van der Waals surface area contributed by atoms with Gasteiger partial charge in [-0.1, -0.05) is 17.7 Å². The van der Waals surface area contributed by atoms with Crippen molar-refractivity contribution in [3.63, 3.8) is 0 Å². The van der Waals surface area contributed by atoms with Crippen molar-refractivity contribution in [2.75, 3.05) is 24.5 Å². The van der Waals surface area contributed by atoms with Crippen LogP contribution in [0.25, 0.3) is 16.6 Å². The number of carbonyl (C=O) groups excluding carboxylic acids is 1. The highest BCUT2D eigenvalue weighted by molar-refractivity contribution is 6.31. The van der Waals surface area contributed by atoms with E-state index in [-0.39, 0.29) is 22.9 Å². The second-order valence-electron chi connectivity index (χ2n) is 8.13. The number of amides is 1. The Morgan fingerprint density at radius 2 is 1.94 bits per heavy atom. The number of benzene rings is 2. The van der Waals surface area contributed by atoms with Crippen LogP contribution in [-0.4, -0.2) is 61.4 Å². The highest BCUT2D eigenvalue weighted by Crippen LogP contribution is 2.23. The SMILES string of the molecule is CC1CCN(c2nc3ccc(Cl)cc3c(=O)[nH]2)CCN1C(=O)c1c(F)cccc1-n1nccn1. The summed E-state index contributed by atoms with van der Waals surface area (Å²) in [5.41, 5.74) is 0.460. The molecule has 0 aliphatic carbocycles. The average Bonchev–Trinajstić information content (AvgIpc) is 3.28. The molecule has 5 rings (SSSR count). The molecule has 174 valence electrons. The number of rotatable bonds is 3. The first-order valence-corrected chi connectivity index (χ1v) is 11.2. The highest BCUT2D eigenvalue weighted by atomic mass is 35.5. The Bertz CT molecular complexity index is 1420. The number of aromatic nitrogens is 5. The zero-order valence-electron chi connectivity index (χ0n) is 18.3. The molecule has 34 heavy (non-hydrogen) atoms. The number of carbonyl (C=O) groups is 1. The lowest BCUT2D eigenvalue weighted by Crippen LogP contribution is -2.41. The number of nitrogens with one attached hydrogen (secondary N) is 1. The van der Waals surface area contributed by atoms with Crippen LogP contribution in [-0.2, 0) is 0 Å². The molecule has 0 spiro atoms. The Labute approximate surface area is 198 Å². The molecule has 1 aliphatic rings. The lowest BCUT2D eigenvalue weighted by molar-refractivity contribution is 0.0700. The van der Waals surface area contributed by atoms with Gasteiger partial charge in [0.2, 0.25) is 5.95 Å². The van der Waals surface area contributed by atoms with Crippen LogP contribution >= 0.6 is 11.6 Å². The maximum absolute atomic E-state index is 14.9. The zero-order valence-corrected chi connectivity index (χ0v) is 19.0. The molecule has 1 amide bonds. The van der Waals surface area contributed by atoms with E-state index in [0.717, 1.165) is 0 Å². The third-order valence-corrected chi connectivity index (χ3v) is 6.25. The quantitative estimate of drug-likeness (QED) is 0.483. The molecular weight excluding hydrogens is 461 g/mol. The molecule has 1 unspecified atom stereocenters. The van der Waals surface area contributed by atoms with Gasteiger partial charge >= 0.3 is 0 Å². The van der Waals surface area contributed by atoms with Crippen LogP contribution in [0, 0.1) is 5.82 Å². The number of nitrogens with zero attached hydrogens (tertiary/aromatic N) is 6. The third-order valence-electron chi connectivity index (χ3n) is 6.01. The monoisotopic (exact) mass is 481 g/mol. The minimum Gasteiger partial charge on any atom is -0.340 e. The van der Waals surface area contributed by atoms with Crippen LogP contribution in [0.1, 0.15) is 23.7 Å². The van der Waals surface area contributed by atoms with Gasteiger partial charge in [-0.05, 0) is 43.7 Å². The third kappa shape index (κ3) is 4.01. The zero-order chi connectivity index (χ0) is 23.8. The van der Waals surface area contributed by atoms with Gasteiger partial charge in [0.25, 0.3) is 11.5 Å². The van der Waals surface area contributed by atoms with E-state index >= 15 is 0 Å². The summed E-state index contributed by atoms with van der Waals surface area (Å²) in [5, 5.41) is 8.98. The van der Waals surface area contributed by atoms with Crippen molar-refractivity contribution < 1.29 is 9.18 Å². The number of H-pyrrole nitrogens is 1.